The van der Waals surface area contributed by atoms with E-state index in [2.05, 4.69) is 5.32 Å². The van der Waals surface area contributed by atoms with Crippen LogP contribution in [0.3, 0.4) is 0 Å². The maximum Gasteiger partial charge on any atom is 0.407 e. The van der Waals surface area contributed by atoms with Crippen LogP contribution in [0.4, 0.5) is 4.79 Å². The number of alkyl carbamates (subject to hydrolysis) is 1. The second-order valence-corrected chi connectivity index (χ2v) is 4.79. The summed E-state index contributed by atoms with van der Waals surface area (Å²) < 4.78 is 5.11. The number of amides is 1. The maximum absolute atomic E-state index is 11.5. The molecule has 0 saturated carbocycles. The van der Waals surface area contributed by atoms with Gasteiger partial charge in [0.05, 0.1) is 0 Å². The van der Waals surface area contributed by atoms with Gasteiger partial charge < -0.3 is 15.8 Å². The summed E-state index contributed by atoms with van der Waals surface area (Å²) in [4.78, 5) is 11.5. The number of carbonyl (C=O) groups is 1. The number of nitrogens with two attached hydrogens (primary N) is 1. The fourth-order valence-corrected chi connectivity index (χ4v) is 1.88. The molecule has 0 aliphatic rings. The van der Waals surface area contributed by atoms with Crippen molar-refractivity contribution in [1.29, 1.82) is 0 Å². The Morgan fingerprint density at radius 2 is 1.77 bits per heavy atom. The molecule has 3 N–H and O–H groups in total. The van der Waals surface area contributed by atoms with Crippen LogP contribution in [-0.4, -0.2) is 12.6 Å². The summed E-state index contributed by atoms with van der Waals surface area (Å²) in [5.41, 5.74) is 8.68. The first-order valence-corrected chi connectivity index (χ1v) is 7.18. The third kappa shape index (κ3) is 5.42. The van der Waals surface area contributed by atoms with E-state index in [1.165, 1.54) is 0 Å². The average molecular weight is 296 g/mol. The Labute approximate surface area is 130 Å². The highest BCUT2D eigenvalue weighted by Crippen LogP contribution is 2.05. The lowest BCUT2D eigenvalue weighted by atomic mass is 10.1. The average Bonchev–Trinajstić information content (AvgIpc) is 2.58. The molecule has 4 heteroatoms. The Balaban J connectivity index is 1.68. The summed E-state index contributed by atoms with van der Waals surface area (Å²) in [6, 6.07) is 17.5. The molecular weight excluding hydrogens is 276 g/mol. The van der Waals surface area contributed by atoms with Crippen molar-refractivity contribution in [1.82, 2.24) is 5.32 Å². The zero-order valence-corrected chi connectivity index (χ0v) is 12.4. The van der Waals surface area contributed by atoms with E-state index in [1.54, 1.807) is 0 Å². The number of benzene rings is 2. The molecule has 22 heavy (non-hydrogen) atoms. The minimum absolute atomic E-state index is 0.275. The molecule has 0 saturated heterocycles. The molecule has 2 rings (SSSR count). The fourth-order valence-electron chi connectivity index (χ4n) is 1.88. The van der Waals surface area contributed by atoms with Crippen molar-refractivity contribution in [3.8, 4) is 0 Å². The van der Waals surface area contributed by atoms with Crippen molar-refractivity contribution in [3.05, 3.63) is 77.4 Å². The topological polar surface area (TPSA) is 64.3 Å². The number of hydrogen-bond acceptors (Lipinski definition) is 3. The van der Waals surface area contributed by atoms with Crippen molar-refractivity contribution in [2.75, 3.05) is 6.54 Å². The lowest BCUT2D eigenvalue weighted by molar-refractivity contribution is 0.141. The van der Waals surface area contributed by atoms with E-state index in [9.17, 15) is 4.79 Å². The van der Waals surface area contributed by atoms with Gasteiger partial charge in [0.15, 0.2) is 0 Å². The normalized spacial score (nSPS) is 10.6. The van der Waals surface area contributed by atoms with Crippen molar-refractivity contribution >= 4 is 12.2 Å². The smallest absolute Gasteiger partial charge is 0.407 e. The number of carbonyl (C=O) groups excluding carboxylic acids is 1. The molecule has 0 radical (unpaired) electrons. The fraction of sp³-hybridized carbons (Fsp3) is 0.167. The Bertz CT molecular complexity index is 607. The predicted octanol–water partition coefficient (Wildman–Crippen LogP) is 3.08. The van der Waals surface area contributed by atoms with Crippen molar-refractivity contribution in [2.24, 2.45) is 5.73 Å². The van der Waals surface area contributed by atoms with Crippen molar-refractivity contribution < 1.29 is 9.53 Å². The molecule has 1 amide bonds. The Morgan fingerprint density at radius 1 is 1.05 bits per heavy atom. The number of rotatable bonds is 6. The van der Waals surface area contributed by atoms with Gasteiger partial charge in [-0.2, -0.15) is 0 Å². The molecule has 0 aromatic heterocycles. The molecule has 4 nitrogen and oxygen atoms in total. The third-order valence-corrected chi connectivity index (χ3v) is 3.10. The number of ether oxygens (including phenoxy) is 1. The van der Waals surface area contributed by atoms with Gasteiger partial charge >= 0.3 is 6.09 Å². The highest BCUT2D eigenvalue weighted by molar-refractivity contribution is 5.67. The largest absolute Gasteiger partial charge is 0.445 e. The third-order valence-electron chi connectivity index (χ3n) is 3.10. The van der Waals surface area contributed by atoms with Crippen molar-refractivity contribution in [3.63, 3.8) is 0 Å². The van der Waals surface area contributed by atoms with E-state index in [4.69, 9.17) is 10.5 Å². The van der Waals surface area contributed by atoms with Crippen LogP contribution in [-0.2, 0) is 17.9 Å². The quantitative estimate of drug-likeness (QED) is 0.861. The summed E-state index contributed by atoms with van der Waals surface area (Å²) >= 11 is 0. The van der Waals surface area contributed by atoms with Gasteiger partial charge in [0.2, 0.25) is 0 Å². The first kappa shape index (κ1) is 15.8. The van der Waals surface area contributed by atoms with Crippen LogP contribution in [0.25, 0.3) is 6.08 Å². The second-order valence-electron chi connectivity index (χ2n) is 4.79. The van der Waals surface area contributed by atoms with Crippen LogP contribution in [0.5, 0.6) is 0 Å². The molecule has 0 fully saturated rings. The van der Waals surface area contributed by atoms with E-state index >= 15 is 0 Å². The van der Waals surface area contributed by atoms with Crippen LogP contribution < -0.4 is 11.1 Å². The van der Waals surface area contributed by atoms with E-state index in [0.29, 0.717) is 13.1 Å². The molecule has 0 atom stereocenters. The van der Waals surface area contributed by atoms with Gasteiger partial charge in [0, 0.05) is 13.1 Å². The van der Waals surface area contributed by atoms with Crippen LogP contribution in [0, 0.1) is 0 Å². The molecule has 0 spiro atoms. The predicted molar refractivity (Wildman–Crippen MR) is 88.0 cm³/mol. The first-order chi connectivity index (χ1) is 10.8. The zero-order valence-electron chi connectivity index (χ0n) is 12.4. The molecule has 2 aromatic rings. The van der Waals surface area contributed by atoms with Gasteiger partial charge in [-0.05, 0) is 16.7 Å². The van der Waals surface area contributed by atoms with Crippen LogP contribution >= 0.6 is 0 Å². The van der Waals surface area contributed by atoms with Gasteiger partial charge in [-0.15, -0.1) is 0 Å². The first-order valence-electron chi connectivity index (χ1n) is 7.18. The Hall–Kier alpha value is -2.59. The van der Waals surface area contributed by atoms with Gasteiger partial charge in [-0.1, -0.05) is 66.7 Å². The molecular formula is C18H20N2O2. The molecule has 0 aliphatic carbocycles. The summed E-state index contributed by atoms with van der Waals surface area (Å²) in [5.74, 6) is 0. The number of nitrogens with one attached hydrogen (secondary N) is 1. The van der Waals surface area contributed by atoms with E-state index in [1.807, 2.05) is 66.7 Å². The van der Waals surface area contributed by atoms with Gasteiger partial charge in [-0.3, -0.25) is 0 Å². The standard InChI is InChI=1S/C18H20N2O2/c19-13-16-10-8-15(9-11-16)7-4-12-20-18(21)22-14-17-5-2-1-3-6-17/h1-11H,12-14,19H2,(H,20,21). The van der Waals surface area contributed by atoms with E-state index in [-0.39, 0.29) is 6.61 Å². The van der Waals surface area contributed by atoms with Crippen LogP contribution in [0.15, 0.2) is 60.7 Å². The number of hydrogen-bond donors (Lipinski definition) is 2. The van der Waals surface area contributed by atoms with Crippen LogP contribution in [0.2, 0.25) is 0 Å². The highest BCUT2D eigenvalue weighted by Gasteiger charge is 2.00. The summed E-state index contributed by atoms with van der Waals surface area (Å²) in [5, 5.41) is 2.68. The Kier molecular flexibility index (Phi) is 6.20. The van der Waals surface area contributed by atoms with Crippen molar-refractivity contribution in [2.45, 2.75) is 13.2 Å². The Morgan fingerprint density at radius 3 is 2.45 bits per heavy atom. The lowest BCUT2D eigenvalue weighted by Gasteiger charge is -2.05. The minimum atomic E-state index is -0.424. The van der Waals surface area contributed by atoms with Gasteiger partial charge in [-0.25, -0.2) is 4.79 Å². The minimum Gasteiger partial charge on any atom is -0.445 e. The molecule has 114 valence electrons. The highest BCUT2D eigenvalue weighted by atomic mass is 16.5. The van der Waals surface area contributed by atoms with E-state index < -0.39 is 6.09 Å². The molecule has 0 heterocycles. The maximum atomic E-state index is 11.5. The molecule has 0 aliphatic heterocycles. The summed E-state index contributed by atoms with van der Waals surface area (Å²) in [6.45, 7) is 1.24. The van der Waals surface area contributed by atoms with Gasteiger partial charge in [0.1, 0.15) is 6.61 Å². The zero-order chi connectivity index (χ0) is 15.6. The molecule has 0 bridgehead atoms. The summed E-state index contributed by atoms with van der Waals surface area (Å²) in [7, 11) is 0. The summed E-state index contributed by atoms with van der Waals surface area (Å²) in [6.07, 6.45) is 3.39. The second kappa shape index (κ2) is 8.64. The molecule has 0 unspecified atom stereocenters. The SMILES string of the molecule is NCc1ccc(C=CCNC(=O)OCc2ccccc2)cc1. The lowest BCUT2D eigenvalue weighted by Crippen LogP contribution is -2.24. The van der Waals surface area contributed by atoms with Gasteiger partial charge in [0.25, 0.3) is 0 Å². The van der Waals surface area contributed by atoms with E-state index in [0.717, 1.165) is 16.7 Å². The monoisotopic (exact) mass is 296 g/mol. The molecule has 2 aromatic carbocycles. The van der Waals surface area contributed by atoms with Crippen LogP contribution in [0.1, 0.15) is 16.7 Å².